The van der Waals surface area contributed by atoms with E-state index >= 15 is 0 Å². The molecule has 100 valence electrons. The highest BCUT2D eigenvalue weighted by molar-refractivity contribution is 7.99. The number of piperidine rings is 1. The van der Waals surface area contributed by atoms with Gasteiger partial charge < -0.3 is 0 Å². The molecule has 0 aliphatic carbocycles. The van der Waals surface area contributed by atoms with Crippen molar-refractivity contribution in [2.45, 2.75) is 24.6 Å². The molecule has 2 rings (SSSR count). The molecular formula is C12H19N3OS2. The Kier molecular flexibility index (Phi) is 5.05. The summed E-state index contributed by atoms with van der Waals surface area (Å²) in [5.41, 5.74) is 2.17. The summed E-state index contributed by atoms with van der Waals surface area (Å²) >= 11 is 3.50. The van der Waals surface area contributed by atoms with Crippen molar-refractivity contribution in [2.24, 2.45) is 5.84 Å². The minimum absolute atomic E-state index is 0.202. The van der Waals surface area contributed by atoms with E-state index in [4.69, 9.17) is 5.84 Å². The molecule has 0 aromatic carbocycles. The summed E-state index contributed by atoms with van der Waals surface area (Å²) in [4.78, 5) is 15.7. The van der Waals surface area contributed by atoms with Crippen LogP contribution in [0, 0.1) is 0 Å². The molecule has 2 heterocycles. The Morgan fingerprint density at radius 1 is 1.56 bits per heavy atom. The van der Waals surface area contributed by atoms with Gasteiger partial charge in [0.1, 0.15) is 0 Å². The van der Waals surface area contributed by atoms with E-state index in [1.54, 1.807) is 0 Å². The van der Waals surface area contributed by atoms with Crippen molar-refractivity contribution in [2.75, 3.05) is 19.3 Å². The summed E-state index contributed by atoms with van der Waals surface area (Å²) in [5.74, 6) is 4.92. The highest BCUT2D eigenvalue weighted by Gasteiger charge is 2.19. The lowest BCUT2D eigenvalue weighted by Crippen LogP contribution is -2.34. The number of thiophene rings is 1. The molecule has 1 saturated heterocycles. The zero-order chi connectivity index (χ0) is 13.0. The molecular weight excluding hydrogens is 266 g/mol. The van der Waals surface area contributed by atoms with E-state index in [-0.39, 0.29) is 5.91 Å². The first-order valence-electron chi connectivity index (χ1n) is 6.07. The summed E-state index contributed by atoms with van der Waals surface area (Å²) < 4.78 is 0. The largest absolute Gasteiger partial charge is 0.298 e. The normalized spacial score (nSPS) is 17.9. The van der Waals surface area contributed by atoms with Gasteiger partial charge in [-0.05, 0) is 44.3 Å². The number of carbonyl (C=O) groups excluding carboxylic acids is 1. The topological polar surface area (TPSA) is 58.4 Å². The van der Waals surface area contributed by atoms with Gasteiger partial charge in [-0.15, -0.1) is 11.3 Å². The van der Waals surface area contributed by atoms with Crippen LogP contribution >= 0.6 is 23.1 Å². The van der Waals surface area contributed by atoms with Gasteiger partial charge in [-0.3, -0.25) is 15.1 Å². The minimum Gasteiger partial charge on any atom is -0.298 e. The third kappa shape index (κ3) is 3.47. The second-order valence-electron chi connectivity index (χ2n) is 4.45. The molecule has 1 aromatic rings. The lowest BCUT2D eigenvalue weighted by atomic mass is 10.1. The first kappa shape index (κ1) is 13.9. The van der Waals surface area contributed by atoms with Crippen molar-refractivity contribution in [3.63, 3.8) is 0 Å². The Balaban J connectivity index is 1.86. The zero-order valence-electron chi connectivity index (χ0n) is 10.5. The Labute approximate surface area is 116 Å². The maximum Gasteiger partial charge on any atom is 0.275 e. The van der Waals surface area contributed by atoms with Crippen molar-refractivity contribution < 1.29 is 4.79 Å². The monoisotopic (exact) mass is 285 g/mol. The zero-order valence-corrected chi connectivity index (χ0v) is 12.1. The van der Waals surface area contributed by atoms with Crippen molar-refractivity contribution in [3.8, 4) is 0 Å². The van der Waals surface area contributed by atoms with Crippen LogP contribution in [0.2, 0.25) is 0 Å². The van der Waals surface area contributed by atoms with E-state index in [2.05, 4.69) is 16.6 Å². The number of hydrogen-bond acceptors (Lipinski definition) is 5. The molecule has 0 unspecified atom stereocenters. The van der Waals surface area contributed by atoms with E-state index in [0.29, 0.717) is 4.88 Å². The number of carbonyl (C=O) groups is 1. The van der Waals surface area contributed by atoms with Gasteiger partial charge in [-0.25, -0.2) is 5.84 Å². The van der Waals surface area contributed by atoms with Gasteiger partial charge in [-0.2, -0.15) is 11.8 Å². The van der Waals surface area contributed by atoms with Gasteiger partial charge in [-0.1, -0.05) is 0 Å². The van der Waals surface area contributed by atoms with Crippen LogP contribution in [0.3, 0.4) is 0 Å². The van der Waals surface area contributed by atoms with Crippen LogP contribution in [-0.4, -0.2) is 35.4 Å². The van der Waals surface area contributed by atoms with E-state index in [9.17, 15) is 4.79 Å². The summed E-state index contributed by atoms with van der Waals surface area (Å²) in [7, 11) is 0. The van der Waals surface area contributed by atoms with E-state index in [1.807, 2.05) is 23.9 Å². The molecule has 1 aliphatic rings. The smallest absolute Gasteiger partial charge is 0.275 e. The van der Waals surface area contributed by atoms with Crippen molar-refractivity contribution in [1.29, 1.82) is 0 Å². The molecule has 0 spiro atoms. The van der Waals surface area contributed by atoms with Gasteiger partial charge in [0.05, 0.1) is 4.88 Å². The second-order valence-corrected chi connectivity index (χ2v) is 6.76. The number of thioether (sulfide) groups is 1. The number of likely N-dealkylation sites (tertiary alicyclic amines) is 1. The Morgan fingerprint density at radius 2 is 2.28 bits per heavy atom. The quantitative estimate of drug-likeness (QED) is 0.502. The van der Waals surface area contributed by atoms with E-state index in [1.165, 1.54) is 29.1 Å². The lowest BCUT2D eigenvalue weighted by Gasteiger charge is -2.30. The molecule has 0 bridgehead atoms. The lowest BCUT2D eigenvalue weighted by molar-refractivity contribution is 0.0957. The van der Waals surface area contributed by atoms with Crippen molar-refractivity contribution in [3.05, 3.63) is 21.9 Å². The first-order valence-corrected chi connectivity index (χ1v) is 8.18. The van der Waals surface area contributed by atoms with Crippen LogP contribution in [-0.2, 0) is 6.54 Å². The third-order valence-corrected chi connectivity index (χ3v) is 5.47. The standard InChI is InChI=1S/C12H19N3OS2/c1-17-9-4-6-15(7-5-9)8-10-2-3-11(18-10)12(16)14-13/h2-3,9H,4-8,13H2,1H3,(H,14,16). The minimum atomic E-state index is -0.202. The fraction of sp³-hybridized carbons (Fsp3) is 0.583. The predicted molar refractivity (Wildman–Crippen MR) is 77.8 cm³/mol. The number of nitrogens with zero attached hydrogens (tertiary/aromatic N) is 1. The molecule has 4 nitrogen and oxygen atoms in total. The fourth-order valence-electron chi connectivity index (χ4n) is 2.18. The fourth-order valence-corrected chi connectivity index (χ4v) is 3.82. The maximum atomic E-state index is 11.4. The van der Waals surface area contributed by atoms with Crippen LogP contribution in [0.4, 0.5) is 0 Å². The van der Waals surface area contributed by atoms with E-state index < -0.39 is 0 Å². The van der Waals surface area contributed by atoms with E-state index in [0.717, 1.165) is 24.9 Å². The number of hydrazine groups is 1. The summed E-state index contributed by atoms with van der Waals surface area (Å²) in [5, 5.41) is 0.822. The average Bonchev–Trinajstić information content (AvgIpc) is 2.87. The highest BCUT2D eigenvalue weighted by Crippen LogP contribution is 2.24. The number of amides is 1. The van der Waals surface area contributed by atoms with Crippen LogP contribution in [0.1, 0.15) is 27.4 Å². The summed E-state index contributed by atoms with van der Waals surface area (Å²) in [6, 6.07) is 3.87. The molecule has 0 atom stereocenters. The number of hydrogen-bond donors (Lipinski definition) is 2. The maximum absolute atomic E-state index is 11.4. The molecule has 3 N–H and O–H groups in total. The van der Waals surface area contributed by atoms with Gasteiger partial charge in [0.2, 0.25) is 0 Å². The number of nitrogen functional groups attached to an aromatic ring is 1. The highest BCUT2D eigenvalue weighted by atomic mass is 32.2. The second kappa shape index (κ2) is 6.56. The molecule has 0 radical (unpaired) electrons. The van der Waals surface area contributed by atoms with Gasteiger partial charge in [0.25, 0.3) is 5.91 Å². The van der Waals surface area contributed by atoms with Gasteiger partial charge >= 0.3 is 0 Å². The Morgan fingerprint density at radius 3 is 2.89 bits per heavy atom. The molecule has 1 aromatic heterocycles. The summed E-state index contributed by atoms with van der Waals surface area (Å²) in [6.07, 6.45) is 4.72. The SMILES string of the molecule is CSC1CCN(Cc2ccc(C(=O)NN)s2)CC1. The molecule has 6 heteroatoms. The molecule has 0 saturated carbocycles. The first-order chi connectivity index (χ1) is 8.72. The number of nitrogens with one attached hydrogen (secondary N) is 1. The van der Waals surface area contributed by atoms with Gasteiger partial charge in [0.15, 0.2) is 0 Å². The predicted octanol–water partition coefficient (Wildman–Crippen LogP) is 1.68. The molecule has 1 aliphatic heterocycles. The average molecular weight is 285 g/mol. The van der Waals surface area contributed by atoms with Crippen molar-refractivity contribution in [1.82, 2.24) is 10.3 Å². The Bertz CT molecular complexity index is 400. The molecule has 1 fully saturated rings. The van der Waals surface area contributed by atoms with Crippen LogP contribution in [0.25, 0.3) is 0 Å². The van der Waals surface area contributed by atoms with Gasteiger partial charge in [0, 0.05) is 16.7 Å². The Hall–Kier alpha value is -0.560. The van der Waals surface area contributed by atoms with Crippen LogP contribution in [0.5, 0.6) is 0 Å². The molecule has 1 amide bonds. The van der Waals surface area contributed by atoms with Crippen LogP contribution < -0.4 is 11.3 Å². The van der Waals surface area contributed by atoms with Crippen LogP contribution in [0.15, 0.2) is 12.1 Å². The third-order valence-electron chi connectivity index (χ3n) is 3.26. The summed E-state index contributed by atoms with van der Waals surface area (Å²) in [6.45, 7) is 3.26. The molecule has 18 heavy (non-hydrogen) atoms. The van der Waals surface area contributed by atoms with Crippen molar-refractivity contribution >= 4 is 29.0 Å². The number of nitrogens with two attached hydrogens (primary N) is 1. The number of rotatable bonds is 4.